The van der Waals surface area contributed by atoms with Crippen molar-refractivity contribution in [3.05, 3.63) is 29.8 Å². The number of ether oxygens (including phenoxy) is 1. The SMILES string of the molecule is COc1ccc(CSCC(=O)NC(C)C(C)C)cc1. The highest BCUT2D eigenvalue weighted by Crippen LogP contribution is 2.16. The van der Waals surface area contributed by atoms with Crippen molar-refractivity contribution in [1.29, 1.82) is 0 Å². The lowest BCUT2D eigenvalue weighted by Crippen LogP contribution is -2.37. The fourth-order valence-corrected chi connectivity index (χ4v) is 2.24. The van der Waals surface area contributed by atoms with Gasteiger partial charge in [0.25, 0.3) is 0 Å². The van der Waals surface area contributed by atoms with Crippen LogP contribution >= 0.6 is 11.8 Å². The van der Waals surface area contributed by atoms with Crippen molar-refractivity contribution in [3.8, 4) is 5.75 Å². The summed E-state index contributed by atoms with van der Waals surface area (Å²) in [5.74, 6) is 2.78. The van der Waals surface area contributed by atoms with Crippen LogP contribution in [0.3, 0.4) is 0 Å². The van der Waals surface area contributed by atoms with Gasteiger partial charge >= 0.3 is 0 Å². The predicted octanol–water partition coefficient (Wildman–Crippen LogP) is 3.09. The van der Waals surface area contributed by atoms with Gasteiger partial charge in [0.05, 0.1) is 12.9 Å². The van der Waals surface area contributed by atoms with E-state index in [0.29, 0.717) is 11.7 Å². The number of methoxy groups -OCH3 is 1. The highest BCUT2D eigenvalue weighted by atomic mass is 32.2. The van der Waals surface area contributed by atoms with Gasteiger partial charge in [-0.15, -0.1) is 11.8 Å². The molecule has 0 saturated carbocycles. The van der Waals surface area contributed by atoms with Crippen molar-refractivity contribution >= 4 is 17.7 Å². The Balaban J connectivity index is 2.27. The van der Waals surface area contributed by atoms with Crippen LogP contribution in [0.2, 0.25) is 0 Å². The highest BCUT2D eigenvalue weighted by molar-refractivity contribution is 7.99. The van der Waals surface area contributed by atoms with Crippen molar-refractivity contribution < 1.29 is 9.53 Å². The lowest BCUT2D eigenvalue weighted by Gasteiger charge is -2.17. The molecule has 1 N–H and O–H groups in total. The van der Waals surface area contributed by atoms with E-state index in [1.54, 1.807) is 18.9 Å². The lowest BCUT2D eigenvalue weighted by atomic mass is 10.1. The molecule has 19 heavy (non-hydrogen) atoms. The van der Waals surface area contributed by atoms with Crippen molar-refractivity contribution in [2.45, 2.75) is 32.6 Å². The molecule has 0 aliphatic heterocycles. The third kappa shape index (κ3) is 6.01. The van der Waals surface area contributed by atoms with Crippen LogP contribution in [0.25, 0.3) is 0 Å². The number of rotatable bonds is 7. The van der Waals surface area contributed by atoms with Crippen LogP contribution in [-0.4, -0.2) is 24.8 Å². The fourth-order valence-electron chi connectivity index (χ4n) is 1.45. The molecule has 0 spiro atoms. The van der Waals surface area contributed by atoms with Gasteiger partial charge < -0.3 is 10.1 Å². The molecule has 0 aromatic heterocycles. The monoisotopic (exact) mass is 281 g/mol. The summed E-state index contributed by atoms with van der Waals surface area (Å²) in [5, 5.41) is 3.00. The molecule has 0 aliphatic carbocycles. The zero-order valence-electron chi connectivity index (χ0n) is 12.1. The number of benzene rings is 1. The molecule has 0 aliphatic rings. The smallest absolute Gasteiger partial charge is 0.230 e. The molecule has 1 unspecified atom stereocenters. The first-order valence-corrected chi connectivity index (χ1v) is 7.68. The number of hydrogen-bond donors (Lipinski definition) is 1. The van der Waals surface area contributed by atoms with Crippen molar-refractivity contribution in [1.82, 2.24) is 5.32 Å². The van der Waals surface area contributed by atoms with Crippen LogP contribution in [0.15, 0.2) is 24.3 Å². The van der Waals surface area contributed by atoms with Crippen molar-refractivity contribution in [2.75, 3.05) is 12.9 Å². The van der Waals surface area contributed by atoms with E-state index in [0.717, 1.165) is 11.5 Å². The Morgan fingerprint density at radius 3 is 2.42 bits per heavy atom. The summed E-state index contributed by atoms with van der Waals surface area (Å²) in [6.45, 7) is 6.25. The molecule has 0 heterocycles. The van der Waals surface area contributed by atoms with Crippen molar-refractivity contribution in [2.24, 2.45) is 5.92 Å². The Hall–Kier alpha value is -1.16. The molecule has 0 fully saturated rings. The first-order valence-electron chi connectivity index (χ1n) is 6.53. The Morgan fingerprint density at radius 2 is 1.89 bits per heavy atom. The molecular formula is C15H23NO2S. The maximum atomic E-state index is 11.7. The number of carbonyl (C=O) groups excluding carboxylic acids is 1. The van der Waals surface area contributed by atoms with Gasteiger partial charge in [-0.3, -0.25) is 4.79 Å². The van der Waals surface area contributed by atoms with E-state index in [1.807, 2.05) is 31.2 Å². The lowest BCUT2D eigenvalue weighted by molar-refractivity contribution is -0.119. The Bertz CT molecular complexity index is 390. The molecule has 1 aromatic rings. The van der Waals surface area contributed by atoms with Crippen LogP contribution in [0.1, 0.15) is 26.3 Å². The predicted molar refractivity (Wildman–Crippen MR) is 81.6 cm³/mol. The maximum absolute atomic E-state index is 11.7. The summed E-state index contributed by atoms with van der Waals surface area (Å²) < 4.78 is 5.11. The average Bonchev–Trinajstić information content (AvgIpc) is 2.39. The summed E-state index contributed by atoms with van der Waals surface area (Å²) in [7, 11) is 1.66. The minimum absolute atomic E-state index is 0.111. The van der Waals surface area contributed by atoms with Crippen LogP contribution in [0.5, 0.6) is 5.75 Å². The standard InChI is InChI=1S/C15H23NO2S/c1-11(2)12(3)16-15(17)10-19-9-13-5-7-14(18-4)8-6-13/h5-8,11-12H,9-10H2,1-4H3,(H,16,17). The normalized spacial score (nSPS) is 12.3. The molecule has 1 rings (SSSR count). The zero-order chi connectivity index (χ0) is 14.3. The second-order valence-corrected chi connectivity index (χ2v) is 5.93. The first kappa shape index (κ1) is 15.9. The minimum atomic E-state index is 0.111. The third-order valence-corrected chi connectivity index (χ3v) is 4.05. The van der Waals surface area contributed by atoms with Gasteiger partial charge in [-0.2, -0.15) is 0 Å². The molecule has 4 heteroatoms. The number of thioether (sulfide) groups is 1. The van der Waals surface area contributed by atoms with Crippen LogP contribution in [0.4, 0.5) is 0 Å². The first-order chi connectivity index (χ1) is 9.02. The van der Waals surface area contributed by atoms with Crippen LogP contribution in [-0.2, 0) is 10.5 Å². The highest BCUT2D eigenvalue weighted by Gasteiger charge is 2.10. The Labute approximate surface area is 120 Å². The Morgan fingerprint density at radius 1 is 1.26 bits per heavy atom. The molecule has 0 radical (unpaired) electrons. The topological polar surface area (TPSA) is 38.3 Å². The molecule has 1 amide bonds. The largest absolute Gasteiger partial charge is 0.497 e. The van der Waals surface area contributed by atoms with Crippen LogP contribution in [0, 0.1) is 5.92 Å². The van der Waals surface area contributed by atoms with E-state index < -0.39 is 0 Å². The summed E-state index contributed by atoms with van der Waals surface area (Å²) in [5.41, 5.74) is 1.20. The van der Waals surface area contributed by atoms with Gasteiger partial charge in [-0.25, -0.2) is 0 Å². The molecule has 0 bridgehead atoms. The van der Waals surface area contributed by atoms with Crippen molar-refractivity contribution in [3.63, 3.8) is 0 Å². The number of nitrogens with one attached hydrogen (secondary N) is 1. The summed E-state index contributed by atoms with van der Waals surface area (Å²) in [6.07, 6.45) is 0. The molecule has 1 atom stereocenters. The average molecular weight is 281 g/mol. The molecule has 106 valence electrons. The van der Waals surface area contributed by atoms with E-state index in [2.05, 4.69) is 19.2 Å². The summed E-state index contributed by atoms with van der Waals surface area (Å²) in [4.78, 5) is 11.7. The fraction of sp³-hybridized carbons (Fsp3) is 0.533. The molecule has 3 nitrogen and oxygen atoms in total. The minimum Gasteiger partial charge on any atom is -0.497 e. The van der Waals surface area contributed by atoms with Gasteiger partial charge in [0, 0.05) is 11.8 Å². The van der Waals surface area contributed by atoms with E-state index >= 15 is 0 Å². The van der Waals surface area contributed by atoms with Gasteiger partial charge in [0.15, 0.2) is 0 Å². The van der Waals surface area contributed by atoms with E-state index in [9.17, 15) is 4.79 Å². The van der Waals surface area contributed by atoms with E-state index in [4.69, 9.17) is 4.74 Å². The summed E-state index contributed by atoms with van der Waals surface area (Å²) in [6, 6.07) is 8.17. The van der Waals surface area contributed by atoms with Crippen LogP contribution < -0.4 is 10.1 Å². The van der Waals surface area contributed by atoms with Gasteiger partial charge in [-0.05, 0) is 30.5 Å². The quantitative estimate of drug-likeness (QED) is 0.834. The molecule has 1 aromatic carbocycles. The second kappa shape index (κ2) is 8.10. The number of carbonyl (C=O) groups is 1. The maximum Gasteiger partial charge on any atom is 0.230 e. The Kier molecular flexibility index (Phi) is 6.78. The van der Waals surface area contributed by atoms with E-state index in [1.165, 1.54) is 5.56 Å². The second-order valence-electron chi connectivity index (χ2n) is 4.94. The summed E-state index contributed by atoms with van der Waals surface area (Å²) >= 11 is 1.63. The molecular weight excluding hydrogens is 258 g/mol. The number of amides is 1. The zero-order valence-corrected chi connectivity index (χ0v) is 12.9. The van der Waals surface area contributed by atoms with Gasteiger partial charge in [0.1, 0.15) is 5.75 Å². The third-order valence-electron chi connectivity index (χ3n) is 3.05. The van der Waals surface area contributed by atoms with E-state index in [-0.39, 0.29) is 11.9 Å². The number of hydrogen-bond acceptors (Lipinski definition) is 3. The van der Waals surface area contributed by atoms with Gasteiger partial charge in [-0.1, -0.05) is 26.0 Å². The van der Waals surface area contributed by atoms with Gasteiger partial charge in [0.2, 0.25) is 5.91 Å². The molecule has 0 saturated heterocycles.